The molecule has 3 aromatic rings. The van der Waals surface area contributed by atoms with Gasteiger partial charge >= 0.3 is 0 Å². The van der Waals surface area contributed by atoms with Gasteiger partial charge in [-0.05, 0) is 18.1 Å². The maximum absolute atomic E-state index is 12.0. The predicted molar refractivity (Wildman–Crippen MR) is 78.5 cm³/mol. The molecule has 2 heterocycles. The number of nitrogens with one attached hydrogen (secondary N) is 2. The molecule has 102 valence electrons. The number of aromatic nitrogens is 3. The second-order valence-corrected chi connectivity index (χ2v) is 5.24. The van der Waals surface area contributed by atoms with Crippen LogP contribution in [0.2, 0.25) is 0 Å². The van der Waals surface area contributed by atoms with E-state index in [1.807, 2.05) is 30.5 Å². The molecule has 1 amide bonds. The number of H-pyrrole nitrogens is 1. The van der Waals surface area contributed by atoms with Crippen LogP contribution in [-0.4, -0.2) is 27.1 Å². The van der Waals surface area contributed by atoms with Gasteiger partial charge in [0.1, 0.15) is 5.51 Å². The SMILES string of the molecule is N[C@@H](Cc1c[nH]c2ccccc12)C(=O)Nc1nncs1. The van der Waals surface area contributed by atoms with Crippen molar-refractivity contribution in [2.75, 3.05) is 5.32 Å². The molecule has 0 aliphatic rings. The molecule has 1 atom stereocenters. The summed E-state index contributed by atoms with van der Waals surface area (Å²) in [7, 11) is 0. The third kappa shape index (κ3) is 2.54. The van der Waals surface area contributed by atoms with Gasteiger partial charge in [-0.3, -0.25) is 10.1 Å². The molecule has 7 heteroatoms. The quantitative estimate of drug-likeness (QED) is 0.678. The van der Waals surface area contributed by atoms with Crippen molar-refractivity contribution in [3.05, 3.63) is 41.5 Å². The number of aromatic amines is 1. The molecular formula is C13H13N5OS. The second kappa shape index (κ2) is 5.40. The van der Waals surface area contributed by atoms with Crippen molar-refractivity contribution in [2.24, 2.45) is 5.73 Å². The van der Waals surface area contributed by atoms with Gasteiger partial charge in [0.05, 0.1) is 6.04 Å². The number of amides is 1. The zero-order valence-electron chi connectivity index (χ0n) is 10.5. The normalized spacial score (nSPS) is 12.4. The average molecular weight is 287 g/mol. The minimum absolute atomic E-state index is 0.257. The maximum Gasteiger partial charge on any atom is 0.243 e. The zero-order valence-corrected chi connectivity index (χ0v) is 11.4. The molecular weight excluding hydrogens is 274 g/mol. The molecule has 0 radical (unpaired) electrons. The molecule has 0 saturated carbocycles. The number of hydrogen-bond donors (Lipinski definition) is 3. The largest absolute Gasteiger partial charge is 0.361 e. The molecule has 0 aliphatic heterocycles. The van der Waals surface area contributed by atoms with Crippen molar-refractivity contribution in [3.63, 3.8) is 0 Å². The fraction of sp³-hybridized carbons (Fsp3) is 0.154. The van der Waals surface area contributed by atoms with Crippen molar-refractivity contribution in [1.29, 1.82) is 0 Å². The van der Waals surface area contributed by atoms with Crippen molar-refractivity contribution in [2.45, 2.75) is 12.5 Å². The summed E-state index contributed by atoms with van der Waals surface area (Å²) in [5.41, 5.74) is 9.57. The number of rotatable bonds is 4. The summed E-state index contributed by atoms with van der Waals surface area (Å²) >= 11 is 1.26. The molecule has 4 N–H and O–H groups in total. The molecule has 0 saturated heterocycles. The Balaban J connectivity index is 1.72. The number of hydrogen-bond acceptors (Lipinski definition) is 5. The van der Waals surface area contributed by atoms with Crippen LogP contribution in [0, 0.1) is 0 Å². The Hall–Kier alpha value is -2.25. The topological polar surface area (TPSA) is 96.7 Å². The van der Waals surface area contributed by atoms with Crippen LogP contribution < -0.4 is 11.1 Å². The lowest BCUT2D eigenvalue weighted by molar-refractivity contribution is -0.117. The summed E-state index contributed by atoms with van der Waals surface area (Å²) in [5.74, 6) is -0.257. The van der Waals surface area contributed by atoms with Gasteiger partial charge in [0, 0.05) is 17.1 Å². The first-order chi connectivity index (χ1) is 9.74. The predicted octanol–water partition coefficient (Wildman–Crippen LogP) is 1.53. The van der Waals surface area contributed by atoms with E-state index in [1.165, 1.54) is 11.3 Å². The van der Waals surface area contributed by atoms with Crippen molar-refractivity contribution < 1.29 is 4.79 Å². The van der Waals surface area contributed by atoms with Crippen molar-refractivity contribution in [1.82, 2.24) is 15.2 Å². The molecule has 0 unspecified atom stereocenters. The standard InChI is InChI=1S/C13H13N5OS/c14-10(12(19)17-13-18-16-7-20-13)5-8-6-15-11-4-2-1-3-9(8)11/h1-4,6-7,10,15H,5,14H2,(H,17,18,19)/t10-/m0/s1. The Morgan fingerprint density at radius 2 is 2.30 bits per heavy atom. The van der Waals surface area contributed by atoms with Crippen LogP contribution in [0.3, 0.4) is 0 Å². The number of nitrogens with two attached hydrogens (primary N) is 1. The van der Waals surface area contributed by atoms with E-state index >= 15 is 0 Å². The number of para-hydroxylation sites is 1. The monoisotopic (exact) mass is 287 g/mol. The third-order valence-electron chi connectivity index (χ3n) is 3.04. The van der Waals surface area contributed by atoms with E-state index in [-0.39, 0.29) is 5.91 Å². The molecule has 2 aromatic heterocycles. The van der Waals surface area contributed by atoms with Crippen LogP contribution in [0.1, 0.15) is 5.56 Å². The van der Waals surface area contributed by atoms with E-state index in [4.69, 9.17) is 5.73 Å². The highest BCUT2D eigenvalue weighted by molar-refractivity contribution is 7.13. The van der Waals surface area contributed by atoms with E-state index in [2.05, 4.69) is 20.5 Å². The lowest BCUT2D eigenvalue weighted by Gasteiger charge is -2.09. The Bertz CT molecular complexity index is 721. The molecule has 0 aliphatic carbocycles. The Labute approximate surface area is 119 Å². The second-order valence-electron chi connectivity index (χ2n) is 4.40. The Morgan fingerprint density at radius 3 is 3.10 bits per heavy atom. The van der Waals surface area contributed by atoms with Gasteiger partial charge in [0.15, 0.2) is 0 Å². The molecule has 20 heavy (non-hydrogen) atoms. The number of carbonyl (C=O) groups is 1. The van der Waals surface area contributed by atoms with Crippen LogP contribution >= 0.6 is 11.3 Å². The number of nitrogens with zero attached hydrogens (tertiary/aromatic N) is 2. The van der Waals surface area contributed by atoms with Gasteiger partial charge in [-0.1, -0.05) is 29.5 Å². The fourth-order valence-corrected chi connectivity index (χ4v) is 2.50. The summed E-state index contributed by atoms with van der Waals surface area (Å²) in [4.78, 5) is 15.1. The van der Waals surface area contributed by atoms with E-state index in [1.54, 1.807) is 5.51 Å². The Morgan fingerprint density at radius 1 is 1.45 bits per heavy atom. The number of anilines is 1. The van der Waals surface area contributed by atoms with Crippen molar-refractivity contribution >= 4 is 33.3 Å². The first-order valence-corrected chi connectivity index (χ1v) is 6.99. The summed E-state index contributed by atoms with van der Waals surface area (Å²) in [6.45, 7) is 0. The molecule has 3 rings (SSSR count). The van der Waals surface area contributed by atoms with Crippen molar-refractivity contribution in [3.8, 4) is 0 Å². The molecule has 6 nitrogen and oxygen atoms in total. The van der Waals surface area contributed by atoms with E-state index in [0.29, 0.717) is 11.6 Å². The van der Waals surface area contributed by atoms with Gasteiger partial charge in [0.2, 0.25) is 11.0 Å². The van der Waals surface area contributed by atoms with E-state index < -0.39 is 6.04 Å². The van der Waals surface area contributed by atoms with Gasteiger partial charge < -0.3 is 10.7 Å². The minimum Gasteiger partial charge on any atom is -0.361 e. The van der Waals surface area contributed by atoms with Gasteiger partial charge in [-0.15, -0.1) is 10.2 Å². The maximum atomic E-state index is 12.0. The first kappa shape index (κ1) is 12.8. The molecule has 0 bridgehead atoms. The number of benzene rings is 1. The summed E-state index contributed by atoms with van der Waals surface area (Å²) in [6.07, 6.45) is 2.36. The van der Waals surface area contributed by atoms with Gasteiger partial charge in [-0.2, -0.15) is 0 Å². The average Bonchev–Trinajstić information content (AvgIpc) is 3.09. The summed E-state index contributed by atoms with van der Waals surface area (Å²) < 4.78 is 0. The third-order valence-corrected chi connectivity index (χ3v) is 3.65. The first-order valence-electron chi connectivity index (χ1n) is 6.11. The van der Waals surface area contributed by atoms with Crippen LogP contribution in [0.4, 0.5) is 5.13 Å². The van der Waals surface area contributed by atoms with Crippen LogP contribution in [0.15, 0.2) is 36.0 Å². The molecule has 0 fully saturated rings. The molecule has 0 spiro atoms. The number of fused-ring (bicyclic) bond motifs is 1. The van der Waals surface area contributed by atoms with E-state index in [9.17, 15) is 4.79 Å². The fourth-order valence-electron chi connectivity index (χ4n) is 2.06. The smallest absolute Gasteiger partial charge is 0.243 e. The highest BCUT2D eigenvalue weighted by Crippen LogP contribution is 2.19. The van der Waals surface area contributed by atoms with Crippen LogP contribution in [0.5, 0.6) is 0 Å². The highest BCUT2D eigenvalue weighted by atomic mass is 32.1. The highest BCUT2D eigenvalue weighted by Gasteiger charge is 2.17. The zero-order chi connectivity index (χ0) is 13.9. The summed E-state index contributed by atoms with van der Waals surface area (Å²) in [5, 5.41) is 11.6. The van der Waals surface area contributed by atoms with E-state index in [0.717, 1.165) is 16.5 Å². The lowest BCUT2D eigenvalue weighted by Crippen LogP contribution is -2.37. The number of carbonyl (C=O) groups excluding carboxylic acids is 1. The summed E-state index contributed by atoms with van der Waals surface area (Å²) in [6, 6.07) is 7.30. The Kier molecular flexibility index (Phi) is 3.44. The van der Waals surface area contributed by atoms with Crippen LogP contribution in [0.25, 0.3) is 10.9 Å². The molecule has 1 aromatic carbocycles. The van der Waals surface area contributed by atoms with Gasteiger partial charge in [-0.25, -0.2) is 0 Å². The minimum atomic E-state index is -0.627. The van der Waals surface area contributed by atoms with Gasteiger partial charge in [0.25, 0.3) is 0 Å². The van der Waals surface area contributed by atoms with Crippen LogP contribution in [-0.2, 0) is 11.2 Å². The lowest BCUT2D eigenvalue weighted by atomic mass is 10.1.